The highest BCUT2D eigenvalue weighted by Gasteiger charge is 2.42. The molecule has 11 heavy (non-hydrogen) atoms. The Bertz CT molecular complexity index is 270. The smallest absolute Gasteiger partial charge is 0.160 e. The molecule has 0 spiro atoms. The maximum atomic E-state index is 11.1. The lowest BCUT2D eigenvalue weighted by molar-refractivity contribution is -0.120. The summed E-state index contributed by atoms with van der Waals surface area (Å²) < 4.78 is 22.1. The highest BCUT2D eigenvalue weighted by atomic mass is 32.2. The Labute approximate surface area is 65.7 Å². The van der Waals surface area contributed by atoms with Crippen LogP contribution in [-0.2, 0) is 14.6 Å². The fourth-order valence-corrected chi connectivity index (χ4v) is 2.90. The number of carbonyl (C=O) groups is 1. The zero-order chi connectivity index (χ0) is 8.65. The molecule has 5 heteroatoms. The third-order valence-electron chi connectivity index (χ3n) is 2.06. The van der Waals surface area contributed by atoms with Gasteiger partial charge in [0, 0.05) is 12.5 Å². The summed E-state index contributed by atoms with van der Waals surface area (Å²) in [5.41, 5.74) is 5.22. The van der Waals surface area contributed by atoms with Crippen molar-refractivity contribution in [2.24, 2.45) is 11.7 Å². The van der Waals surface area contributed by atoms with Crippen molar-refractivity contribution >= 4 is 15.6 Å². The van der Waals surface area contributed by atoms with Crippen molar-refractivity contribution in [3.05, 3.63) is 0 Å². The number of rotatable bonds is 1. The highest BCUT2D eigenvalue weighted by Crippen LogP contribution is 2.20. The van der Waals surface area contributed by atoms with E-state index in [1.54, 1.807) is 0 Å². The lowest BCUT2D eigenvalue weighted by Gasteiger charge is -1.99. The first-order chi connectivity index (χ1) is 4.99. The second-order valence-electron chi connectivity index (χ2n) is 2.81. The second kappa shape index (κ2) is 2.57. The highest BCUT2D eigenvalue weighted by molar-refractivity contribution is 7.93. The van der Waals surface area contributed by atoms with Crippen LogP contribution >= 0.6 is 0 Å². The SMILES string of the molecule is CC1C(=O)C(CN)CS1(=O)=O. The summed E-state index contributed by atoms with van der Waals surface area (Å²) in [5, 5.41) is -0.837. The molecule has 0 radical (unpaired) electrons. The van der Waals surface area contributed by atoms with Crippen molar-refractivity contribution in [2.45, 2.75) is 12.2 Å². The average Bonchev–Trinajstić information content (AvgIpc) is 2.13. The van der Waals surface area contributed by atoms with E-state index < -0.39 is 21.0 Å². The van der Waals surface area contributed by atoms with Crippen LogP contribution in [0.5, 0.6) is 0 Å². The van der Waals surface area contributed by atoms with E-state index in [0.717, 1.165) is 0 Å². The first-order valence-electron chi connectivity index (χ1n) is 3.44. The van der Waals surface area contributed by atoms with Crippen LogP contribution in [0.15, 0.2) is 0 Å². The van der Waals surface area contributed by atoms with Gasteiger partial charge in [-0.1, -0.05) is 0 Å². The predicted octanol–water partition coefficient (Wildman–Crippen LogP) is -1.05. The van der Waals surface area contributed by atoms with Gasteiger partial charge < -0.3 is 5.73 Å². The van der Waals surface area contributed by atoms with Crippen LogP contribution in [-0.4, -0.2) is 31.7 Å². The van der Waals surface area contributed by atoms with Gasteiger partial charge in [-0.05, 0) is 6.92 Å². The summed E-state index contributed by atoms with van der Waals surface area (Å²) in [6.07, 6.45) is 0. The Hall–Kier alpha value is -0.420. The largest absolute Gasteiger partial charge is 0.330 e. The van der Waals surface area contributed by atoms with Crippen LogP contribution in [0.25, 0.3) is 0 Å². The number of ketones is 1. The van der Waals surface area contributed by atoms with Gasteiger partial charge in [0.05, 0.1) is 5.75 Å². The molecule has 2 unspecified atom stereocenters. The standard InChI is InChI=1S/C6H11NO3S/c1-4-6(8)5(2-7)3-11(4,9)10/h4-5H,2-3,7H2,1H3. The van der Waals surface area contributed by atoms with Crippen molar-refractivity contribution in [3.63, 3.8) is 0 Å². The second-order valence-corrected chi connectivity index (χ2v) is 5.17. The van der Waals surface area contributed by atoms with E-state index >= 15 is 0 Å². The molecule has 0 aromatic carbocycles. The molecule has 64 valence electrons. The number of hydrogen-bond acceptors (Lipinski definition) is 4. The minimum atomic E-state index is -3.16. The summed E-state index contributed by atoms with van der Waals surface area (Å²) >= 11 is 0. The van der Waals surface area contributed by atoms with E-state index in [2.05, 4.69) is 0 Å². The molecule has 0 saturated carbocycles. The third-order valence-corrected chi connectivity index (χ3v) is 4.24. The maximum absolute atomic E-state index is 11.1. The molecule has 0 amide bonds. The molecular weight excluding hydrogens is 166 g/mol. The van der Waals surface area contributed by atoms with Crippen LogP contribution in [0.4, 0.5) is 0 Å². The van der Waals surface area contributed by atoms with Crippen LogP contribution in [0.3, 0.4) is 0 Å². The fourth-order valence-electron chi connectivity index (χ4n) is 1.20. The van der Waals surface area contributed by atoms with Gasteiger partial charge in [-0.3, -0.25) is 4.79 Å². The summed E-state index contributed by atoms with van der Waals surface area (Å²) in [6.45, 7) is 1.57. The average molecular weight is 177 g/mol. The maximum Gasteiger partial charge on any atom is 0.160 e. The first kappa shape index (κ1) is 8.67. The van der Waals surface area contributed by atoms with E-state index in [-0.39, 0.29) is 18.1 Å². The molecule has 1 aliphatic heterocycles. The third kappa shape index (κ3) is 1.30. The molecule has 0 bridgehead atoms. The zero-order valence-electron chi connectivity index (χ0n) is 6.28. The van der Waals surface area contributed by atoms with Crippen molar-refractivity contribution in [1.82, 2.24) is 0 Å². The molecule has 2 N–H and O–H groups in total. The Kier molecular flexibility index (Phi) is 2.02. The Balaban J connectivity index is 2.95. The number of nitrogens with two attached hydrogens (primary N) is 1. The summed E-state index contributed by atoms with van der Waals surface area (Å²) in [7, 11) is -3.16. The number of carbonyl (C=O) groups excluding carboxylic acids is 1. The van der Waals surface area contributed by atoms with Crippen molar-refractivity contribution in [1.29, 1.82) is 0 Å². The van der Waals surface area contributed by atoms with Gasteiger partial charge in [0.2, 0.25) is 0 Å². The van der Waals surface area contributed by atoms with Gasteiger partial charge in [-0.25, -0.2) is 8.42 Å². The van der Waals surface area contributed by atoms with E-state index in [9.17, 15) is 13.2 Å². The molecule has 1 fully saturated rings. The number of sulfone groups is 1. The molecule has 1 saturated heterocycles. The topological polar surface area (TPSA) is 77.2 Å². The van der Waals surface area contributed by atoms with E-state index in [1.165, 1.54) is 6.92 Å². The van der Waals surface area contributed by atoms with E-state index in [4.69, 9.17) is 5.73 Å². The van der Waals surface area contributed by atoms with Gasteiger partial charge in [0.25, 0.3) is 0 Å². The lowest BCUT2D eigenvalue weighted by Crippen LogP contribution is -2.24. The Morgan fingerprint density at radius 2 is 2.18 bits per heavy atom. The molecule has 0 aromatic heterocycles. The molecule has 4 nitrogen and oxygen atoms in total. The van der Waals surface area contributed by atoms with Gasteiger partial charge in [0.15, 0.2) is 15.6 Å². The normalized spacial score (nSPS) is 36.0. The molecule has 0 aromatic rings. The number of hydrogen-bond donors (Lipinski definition) is 1. The van der Waals surface area contributed by atoms with E-state index in [1.807, 2.05) is 0 Å². The predicted molar refractivity (Wildman–Crippen MR) is 40.8 cm³/mol. The van der Waals surface area contributed by atoms with Crippen LogP contribution in [0, 0.1) is 5.92 Å². The monoisotopic (exact) mass is 177 g/mol. The first-order valence-corrected chi connectivity index (χ1v) is 5.16. The summed E-state index contributed by atoms with van der Waals surface area (Å²) in [4.78, 5) is 11.1. The van der Waals surface area contributed by atoms with Gasteiger partial charge in [-0.2, -0.15) is 0 Å². The minimum Gasteiger partial charge on any atom is -0.330 e. The quantitative estimate of drug-likeness (QED) is 0.554. The van der Waals surface area contributed by atoms with Crippen LogP contribution in [0.1, 0.15) is 6.92 Å². The minimum absolute atomic E-state index is 0.0660. The van der Waals surface area contributed by atoms with Crippen LogP contribution in [0.2, 0.25) is 0 Å². The van der Waals surface area contributed by atoms with Crippen molar-refractivity contribution < 1.29 is 13.2 Å². The molecule has 1 heterocycles. The lowest BCUT2D eigenvalue weighted by atomic mass is 10.1. The molecular formula is C6H11NO3S. The molecule has 1 rings (SSSR count). The molecule has 1 aliphatic rings. The van der Waals surface area contributed by atoms with Gasteiger partial charge in [0.1, 0.15) is 5.25 Å². The summed E-state index contributed by atoms with van der Waals surface area (Å²) in [5.74, 6) is -0.758. The molecule has 0 aliphatic carbocycles. The van der Waals surface area contributed by atoms with Gasteiger partial charge >= 0.3 is 0 Å². The number of Topliss-reactive ketones (excluding diaryl/α,β-unsaturated/α-hetero) is 1. The molecule has 2 atom stereocenters. The fraction of sp³-hybridized carbons (Fsp3) is 0.833. The van der Waals surface area contributed by atoms with Crippen molar-refractivity contribution in [2.75, 3.05) is 12.3 Å². The van der Waals surface area contributed by atoms with Crippen LogP contribution < -0.4 is 5.73 Å². The van der Waals surface area contributed by atoms with Crippen molar-refractivity contribution in [3.8, 4) is 0 Å². The van der Waals surface area contributed by atoms with Gasteiger partial charge in [-0.15, -0.1) is 0 Å². The Morgan fingerprint density at radius 3 is 2.36 bits per heavy atom. The zero-order valence-corrected chi connectivity index (χ0v) is 7.10. The Morgan fingerprint density at radius 1 is 1.64 bits per heavy atom. The summed E-state index contributed by atoms with van der Waals surface area (Å²) in [6, 6.07) is 0. The van der Waals surface area contributed by atoms with E-state index in [0.29, 0.717) is 0 Å².